The highest BCUT2D eigenvalue weighted by Crippen LogP contribution is 2.00. The van der Waals surface area contributed by atoms with Crippen LogP contribution in [0.25, 0.3) is 6.08 Å². The van der Waals surface area contributed by atoms with Crippen LogP contribution < -0.4 is 0 Å². The third kappa shape index (κ3) is 10.1. The highest BCUT2D eigenvalue weighted by atomic mass is 17.2. The zero-order valence-electron chi connectivity index (χ0n) is 9.62. The standard InChI is InChI=1S/C10H10O3.C2H4O2/c1-12-13-10(11)8-7-9-5-3-2-4-6-9;1-2(3)4/h2-8H,1H3;1H3,(H,3,4). The molecule has 0 fully saturated rings. The van der Waals surface area contributed by atoms with Crippen molar-refractivity contribution < 1.29 is 24.5 Å². The number of hydrogen-bond donors (Lipinski definition) is 1. The van der Waals surface area contributed by atoms with Crippen LogP contribution in [0.2, 0.25) is 0 Å². The number of carbonyl (C=O) groups is 2. The van der Waals surface area contributed by atoms with Gasteiger partial charge in [-0.15, -0.1) is 0 Å². The van der Waals surface area contributed by atoms with Crippen molar-refractivity contribution >= 4 is 18.0 Å². The summed E-state index contributed by atoms with van der Waals surface area (Å²) in [6.45, 7) is 1.08. The summed E-state index contributed by atoms with van der Waals surface area (Å²) in [6, 6.07) is 9.46. The Labute approximate surface area is 99.2 Å². The van der Waals surface area contributed by atoms with Crippen molar-refractivity contribution in [2.75, 3.05) is 7.11 Å². The summed E-state index contributed by atoms with van der Waals surface area (Å²) in [4.78, 5) is 28.2. The molecule has 0 spiro atoms. The van der Waals surface area contributed by atoms with Gasteiger partial charge in [-0.05, 0) is 11.6 Å². The summed E-state index contributed by atoms with van der Waals surface area (Å²) in [6.07, 6.45) is 2.96. The maximum atomic E-state index is 10.8. The predicted octanol–water partition coefficient (Wildman–Crippen LogP) is 1.90. The molecule has 17 heavy (non-hydrogen) atoms. The molecule has 0 radical (unpaired) electrons. The molecule has 1 aromatic rings. The molecule has 92 valence electrons. The zero-order valence-corrected chi connectivity index (χ0v) is 9.62. The van der Waals surface area contributed by atoms with Gasteiger partial charge in [0, 0.05) is 13.0 Å². The first-order valence-electron chi connectivity index (χ1n) is 4.73. The van der Waals surface area contributed by atoms with Gasteiger partial charge in [0.2, 0.25) is 0 Å². The second kappa shape index (κ2) is 9.11. The van der Waals surface area contributed by atoms with Crippen molar-refractivity contribution in [3.8, 4) is 0 Å². The van der Waals surface area contributed by atoms with Gasteiger partial charge in [-0.1, -0.05) is 30.3 Å². The van der Waals surface area contributed by atoms with Crippen molar-refractivity contribution in [2.45, 2.75) is 6.92 Å². The molecule has 1 N–H and O–H groups in total. The molecule has 0 aromatic heterocycles. The highest BCUT2D eigenvalue weighted by molar-refractivity contribution is 5.86. The van der Waals surface area contributed by atoms with E-state index in [4.69, 9.17) is 9.90 Å². The van der Waals surface area contributed by atoms with Gasteiger partial charge in [0.25, 0.3) is 5.97 Å². The fourth-order valence-corrected chi connectivity index (χ4v) is 0.838. The minimum Gasteiger partial charge on any atom is -0.481 e. The predicted molar refractivity (Wildman–Crippen MR) is 61.9 cm³/mol. The molecule has 0 bridgehead atoms. The molecule has 0 aliphatic rings. The molecule has 5 heteroatoms. The molecular weight excluding hydrogens is 224 g/mol. The first-order valence-corrected chi connectivity index (χ1v) is 4.73. The van der Waals surface area contributed by atoms with E-state index in [-0.39, 0.29) is 0 Å². The average Bonchev–Trinajstić information content (AvgIpc) is 2.27. The van der Waals surface area contributed by atoms with Crippen LogP contribution in [0.1, 0.15) is 12.5 Å². The lowest BCUT2D eigenvalue weighted by Crippen LogP contribution is -1.97. The van der Waals surface area contributed by atoms with Gasteiger partial charge in [0.1, 0.15) is 0 Å². The fraction of sp³-hybridized carbons (Fsp3) is 0.167. The third-order valence-corrected chi connectivity index (χ3v) is 1.38. The number of hydrogen-bond acceptors (Lipinski definition) is 4. The maximum Gasteiger partial charge on any atom is 0.365 e. The van der Waals surface area contributed by atoms with Gasteiger partial charge in [0.05, 0.1) is 7.11 Å². The van der Waals surface area contributed by atoms with E-state index in [9.17, 15) is 4.79 Å². The molecule has 0 atom stereocenters. The molecule has 0 amide bonds. The summed E-state index contributed by atoms with van der Waals surface area (Å²) < 4.78 is 0. The maximum absolute atomic E-state index is 10.8. The van der Waals surface area contributed by atoms with Gasteiger partial charge < -0.3 is 5.11 Å². The van der Waals surface area contributed by atoms with E-state index in [1.165, 1.54) is 13.2 Å². The van der Waals surface area contributed by atoms with Crippen LogP contribution >= 0.6 is 0 Å². The van der Waals surface area contributed by atoms with Crippen molar-refractivity contribution in [2.24, 2.45) is 0 Å². The van der Waals surface area contributed by atoms with Gasteiger partial charge in [-0.3, -0.25) is 9.68 Å². The molecule has 0 saturated carbocycles. The highest BCUT2D eigenvalue weighted by Gasteiger charge is 1.94. The van der Waals surface area contributed by atoms with Crippen LogP contribution in [-0.2, 0) is 19.4 Å². The Morgan fingerprint density at radius 1 is 1.24 bits per heavy atom. The SMILES string of the molecule is CC(=O)O.COOC(=O)C=Cc1ccccc1. The first-order chi connectivity index (χ1) is 8.06. The van der Waals surface area contributed by atoms with Crippen LogP contribution in [0.15, 0.2) is 36.4 Å². The first kappa shape index (κ1) is 14.9. The number of carboxylic acid groups (broad SMARTS) is 1. The van der Waals surface area contributed by atoms with E-state index in [1.54, 1.807) is 6.08 Å². The van der Waals surface area contributed by atoms with E-state index >= 15 is 0 Å². The van der Waals surface area contributed by atoms with Gasteiger partial charge in [-0.25, -0.2) is 4.79 Å². The Morgan fingerprint density at radius 2 is 1.76 bits per heavy atom. The molecule has 1 rings (SSSR count). The molecule has 0 heterocycles. The summed E-state index contributed by atoms with van der Waals surface area (Å²) in [5, 5.41) is 7.42. The van der Waals surface area contributed by atoms with E-state index < -0.39 is 11.9 Å². The number of carboxylic acids is 1. The van der Waals surface area contributed by atoms with Crippen molar-refractivity contribution in [1.82, 2.24) is 0 Å². The summed E-state index contributed by atoms with van der Waals surface area (Å²) >= 11 is 0. The van der Waals surface area contributed by atoms with Crippen molar-refractivity contribution in [3.05, 3.63) is 42.0 Å². The van der Waals surface area contributed by atoms with Crippen LogP contribution in [0.4, 0.5) is 0 Å². The molecule has 1 aromatic carbocycles. The van der Waals surface area contributed by atoms with E-state index in [0.29, 0.717) is 0 Å². The number of benzene rings is 1. The topological polar surface area (TPSA) is 72.8 Å². The smallest absolute Gasteiger partial charge is 0.365 e. The molecule has 0 aliphatic carbocycles. The van der Waals surface area contributed by atoms with E-state index in [1.807, 2.05) is 30.3 Å². The monoisotopic (exact) mass is 238 g/mol. The quantitative estimate of drug-likeness (QED) is 0.494. The van der Waals surface area contributed by atoms with Crippen LogP contribution in [-0.4, -0.2) is 24.2 Å². The number of aliphatic carboxylic acids is 1. The molecule has 5 nitrogen and oxygen atoms in total. The third-order valence-electron chi connectivity index (χ3n) is 1.38. The Morgan fingerprint density at radius 3 is 2.24 bits per heavy atom. The van der Waals surface area contributed by atoms with Gasteiger partial charge in [0.15, 0.2) is 0 Å². The molecular formula is C12H14O5. The van der Waals surface area contributed by atoms with Gasteiger partial charge >= 0.3 is 5.97 Å². The molecule has 0 saturated heterocycles. The van der Waals surface area contributed by atoms with Crippen molar-refractivity contribution in [3.63, 3.8) is 0 Å². The van der Waals surface area contributed by atoms with Crippen LogP contribution in [0, 0.1) is 0 Å². The van der Waals surface area contributed by atoms with E-state index in [2.05, 4.69) is 9.78 Å². The summed E-state index contributed by atoms with van der Waals surface area (Å²) in [7, 11) is 1.29. The minimum atomic E-state index is -0.833. The lowest BCUT2D eigenvalue weighted by Gasteiger charge is -1.93. The summed E-state index contributed by atoms with van der Waals surface area (Å²) in [5.41, 5.74) is 0.940. The lowest BCUT2D eigenvalue weighted by molar-refractivity contribution is -0.249. The summed E-state index contributed by atoms with van der Waals surface area (Å²) in [5.74, 6) is -1.36. The Kier molecular flexibility index (Phi) is 7.97. The van der Waals surface area contributed by atoms with Crippen molar-refractivity contribution in [1.29, 1.82) is 0 Å². The number of rotatable bonds is 3. The Balaban J connectivity index is 0.000000557. The van der Waals surface area contributed by atoms with E-state index in [0.717, 1.165) is 12.5 Å². The largest absolute Gasteiger partial charge is 0.481 e. The zero-order chi connectivity index (χ0) is 13.1. The fourth-order valence-electron chi connectivity index (χ4n) is 0.838. The van der Waals surface area contributed by atoms with Crippen LogP contribution in [0.3, 0.4) is 0 Å². The Hall–Kier alpha value is -2.14. The normalized spacial score (nSPS) is 9.29. The Bertz CT molecular complexity index is 366. The minimum absolute atomic E-state index is 0.522. The lowest BCUT2D eigenvalue weighted by atomic mass is 10.2. The van der Waals surface area contributed by atoms with Crippen LogP contribution in [0.5, 0.6) is 0 Å². The second-order valence-electron chi connectivity index (χ2n) is 2.83. The molecule has 0 aliphatic heterocycles. The molecule has 0 unspecified atom stereocenters. The van der Waals surface area contributed by atoms with Gasteiger partial charge in [-0.2, -0.15) is 4.89 Å². The average molecular weight is 238 g/mol. The number of carbonyl (C=O) groups excluding carboxylic acids is 1. The second-order valence-corrected chi connectivity index (χ2v) is 2.83.